The van der Waals surface area contributed by atoms with Crippen molar-refractivity contribution in [2.45, 2.75) is 0 Å². The van der Waals surface area contributed by atoms with E-state index in [1.807, 2.05) is 0 Å². The molecule has 0 saturated heterocycles. The van der Waals surface area contributed by atoms with E-state index >= 15 is 0 Å². The molecule has 5 heteroatoms. The third kappa shape index (κ3) is 1.87. The number of aromatic hydroxyl groups is 2. The normalized spacial score (nSPS) is 10.3. The number of hydrogen-bond donors (Lipinski definition) is 3. The molecule has 0 aliphatic heterocycles. The lowest BCUT2D eigenvalue weighted by Gasteiger charge is -2.06. The van der Waals surface area contributed by atoms with Crippen molar-refractivity contribution in [3.63, 3.8) is 0 Å². The monoisotopic (exact) mass is 236 g/mol. The Kier molecular flexibility index (Phi) is 2.58. The summed E-state index contributed by atoms with van der Waals surface area (Å²) in [5.41, 5.74) is 6.77. The molecule has 0 spiro atoms. The SMILES string of the molecule is Nc1ccc(-c2cc(O)c(O)cc2Cl)cn1. The highest BCUT2D eigenvalue weighted by molar-refractivity contribution is 6.33. The molecule has 2 aromatic rings. The molecular formula is C11H9ClN2O2. The van der Waals surface area contributed by atoms with Gasteiger partial charge in [0, 0.05) is 23.4 Å². The number of phenolic OH excluding ortho intramolecular Hbond substituents is 2. The van der Waals surface area contributed by atoms with E-state index in [0.717, 1.165) is 5.56 Å². The van der Waals surface area contributed by atoms with Gasteiger partial charge < -0.3 is 15.9 Å². The van der Waals surface area contributed by atoms with Crippen LogP contribution in [0.15, 0.2) is 30.5 Å². The van der Waals surface area contributed by atoms with E-state index in [-0.39, 0.29) is 11.5 Å². The van der Waals surface area contributed by atoms with Crippen LogP contribution in [0.5, 0.6) is 11.5 Å². The van der Waals surface area contributed by atoms with Crippen molar-refractivity contribution in [3.05, 3.63) is 35.5 Å². The minimum Gasteiger partial charge on any atom is -0.504 e. The molecule has 4 nitrogen and oxygen atoms in total. The standard InChI is InChI=1S/C11H9ClN2O2/c12-8-4-10(16)9(15)3-7(8)6-1-2-11(13)14-5-6/h1-5,15-16H,(H2,13,14). The first kappa shape index (κ1) is 10.6. The Morgan fingerprint density at radius 1 is 1.12 bits per heavy atom. The van der Waals surface area contributed by atoms with Crippen molar-refractivity contribution in [2.24, 2.45) is 0 Å². The van der Waals surface area contributed by atoms with Crippen molar-refractivity contribution in [2.75, 3.05) is 5.73 Å². The summed E-state index contributed by atoms with van der Waals surface area (Å²) in [5.74, 6) is -0.0729. The summed E-state index contributed by atoms with van der Waals surface area (Å²) < 4.78 is 0. The lowest BCUT2D eigenvalue weighted by molar-refractivity contribution is 0.404. The average Bonchev–Trinajstić information content (AvgIpc) is 2.25. The zero-order valence-corrected chi connectivity index (χ0v) is 8.94. The molecule has 0 unspecified atom stereocenters. The van der Waals surface area contributed by atoms with Crippen molar-refractivity contribution in [1.82, 2.24) is 4.98 Å². The quantitative estimate of drug-likeness (QED) is 0.665. The summed E-state index contributed by atoms with van der Waals surface area (Å²) in [6.07, 6.45) is 1.55. The first-order valence-electron chi connectivity index (χ1n) is 4.51. The lowest BCUT2D eigenvalue weighted by atomic mass is 10.1. The Labute approximate surface area is 96.9 Å². The number of nitrogen functional groups attached to an aromatic ring is 1. The van der Waals surface area contributed by atoms with Gasteiger partial charge in [-0.2, -0.15) is 0 Å². The van der Waals surface area contributed by atoms with Crippen LogP contribution in [0, 0.1) is 0 Å². The van der Waals surface area contributed by atoms with E-state index in [9.17, 15) is 10.2 Å². The number of rotatable bonds is 1. The van der Waals surface area contributed by atoms with Crippen LogP contribution in [0.2, 0.25) is 5.02 Å². The van der Waals surface area contributed by atoms with E-state index < -0.39 is 0 Å². The van der Waals surface area contributed by atoms with Gasteiger partial charge in [-0.15, -0.1) is 0 Å². The van der Waals surface area contributed by atoms with Crippen LogP contribution < -0.4 is 5.73 Å². The van der Waals surface area contributed by atoms with Crippen LogP contribution in [0.1, 0.15) is 0 Å². The maximum Gasteiger partial charge on any atom is 0.158 e. The second-order valence-corrected chi connectivity index (χ2v) is 3.70. The molecule has 1 heterocycles. The molecule has 0 saturated carbocycles. The van der Waals surface area contributed by atoms with Gasteiger partial charge in [-0.1, -0.05) is 11.6 Å². The largest absolute Gasteiger partial charge is 0.504 e. The smallest absolute Gasteiger partial charge is 0.158 e. The van der Waals surface area contributed by atoms with Crippen LogP contribution in [-0.2, 0) is 0 Å². The van der Waals surface area contributed by atoms with E-state index in [1.54, 1.807) is 18.3 Å². The van der Waals surface area contributed by atoms with Crippen molar-refractivity contribution < 1.29 is 10.2 Å². The van der Waals surface area contributed by atoms with E-state index in [1.165, 1.54) is 12.1 Å². The van der Waals surface area contributed by atoms with Gasteiger partial charge >= 0.3 is 0 Å². The number of aromatic nitrogens is 1. The Balaban J connectivity index is 2.56. The summed E-state index contributed by atoms with van der Waals surface area (Å²) in [6, 6.07) is 6.03. The Hall–Kier alpha value is -1.94. The minimum atomic E-state index is -0.253. The third-order valence-corrected chi connectivity index (χ3v) is 2.47. The second-order valence-electron chi connectivity index (χ2n) is 3.29. The fraction of sp³-hybridized carbons (Fsp3) is 0. The summed E-state index contributed by atoms with van der Waals surface area (Å²) in [5, 5.41) is 19.0. The number of hydrogen-bond acceptors (Lipinski definition) is 4. The first-order valence-corrected chi connectivity index (χ1v) is 4.89. The molecule has 0 atom stereocenters. The van der Waals surface area contributed by atoms with Gasteiger partial charge in [0.25, 0.3) is 0 Å². The molecule has 0 bridgehead atoms. The predicted molar refractivity (Wildman–Crippen MR) is 62.4 cm³/mol. The van der Waals surface area contributed by atoms with E-state index in [2.05, 4.69) is 4.98 Å². The topological polar surface area (TPSA) is 79.4 Å². The predicted octanol–water partition coefficient (Wildman–Crippen LogP) is 2.40. The van der Waals surface area contributed by atoms with Crippen LogP contribution in [-0.4, -0.2) is 15.2 Å². The molecule has 16 heavy (non-hydrogen) atoms. The summed E-state index contributed by atoms with van der Waals surface area (Å²) in [7, 11) is 0. The number of anilines is 1. The average molecular weight is 237 g/mol. The molecule has 4 N–H and O–H groups in total. The van der Waals surface area contributed by atoms with E-state index in [4.69, 9.17) is 17.3 Å². The van der Waals surface area contributed by atoms with Crippen molar-refractivity contribution >= 4 is 17.4 Å². The number of nitrogens with zero attached hydrogens (tertiary/aromatic N) is 1. The lowest BCUT2D eigenvalue weighted by Crippen LogP contribution is -1.89. The van der Waals surface area contributed by atoms with Gasteiger partial charge in [-0.05, 0) is 18.2 Å². The summed E-state index contributed by atoms with van der Waals surface area (Å²) in [6.45, 7) is 0. The number of phenols is 2. The second kappa shape index (κ2) is 3.90. The van der Waals surface area contributed by atoms with Crippen LogP contribution >= 0.6 is 11.6 Å². The molecule has 0 aliphatic rings. The number of halogens is 1. The van der Waals surface area contributed by atoms with Crippen molar-refractivity contribution in [1.29, 1.82) is 0 Å². The molecule has 0 fully saturated rings. The highest BCUT2D eigenvalue weighted by atomic mass is 35.5. The number of benzene rings is 1. The molecule has 0 radical (unpaired) electrons. The molecule has 0 aliphatic carbocycles. The molecule has 1 aromatic heterocycles. The van der Waals surface area contributed by atoms with E-state index in [0.29, 0.717) is 16.4 Å². The number of nitrogens with two attached hydrogens (primary N) is 1. The van der Waals surface area contributed by atoms with Crippen LogP contribution in [0.4, 0.5) is 5.82 Å². The van der Waals surface area contributed by atoms with Crippen LogP contribution in [0.25, 0.3) is 11.1 Å². The molecule has 82 valence electrons. The van der Waals surface area contributed by atoms with Gasteiger partial charge in [-0.25, -0.2) is 4.98 Å². The summed E-state index contributed by atoms with van der Waals surface area (Å²) >= 11 is 5.95. The van der Waals surface area contributed by atoms with Crippen LogP contribution in [0.3, 0.4) is 0 Å². The highest BCUT2D eigenvalue weighted by Crippen LogP contribution is 2.36. The molecule has 0 amide bonds. The zero-order valence-electron chi connectivity index (χ0n) is 8.18. The summed E-state index contributed by atoms with van der Waals surface area (Å²) in [4.78, 5) is 3.92. The first-order chi connectivity index (χ1) is 7.58. The fourth-order valence-corrected chi connectivity index (χ4v) is 1.60. The molecule has 2 rings (SSSR count). The van der Waals surface area contributed by atoms with Crippen molar-refractivity contribution in [3.8, 4) is 22.6 Å². The maximum atomic E-state index is 9.39. The van der Waals surface area contributed by atoms with Gasteiger partial charge in [0.15, 0.2) is 11.5 Å². The maximum absolute atomic E-state index is 9.39. The van der Waals surface area contributed by atoms with Gasteiger partial charge in [0.05, 0.1) is 5.02 Å². The van der Waals surface area contributed by atoms with Gasteiger partial charge in [-0.3, -0.25) is 0 Å². The Morgan fingerprint density at radius 3 is 2.44 bits per heavy atom. The molecule has 1 aromatic carbocycles. The minimum absolute atomic E-state index is 0.226. The fourth-order valence-electron chi connectivity index (χ4n) is 1.34. The van der Waals surface area contributed by atoms with Gasteiger partial charge in [0.2, 0.25) is 0 Å². The molecular weight excluding hydrogens is 228 g/mol. The Morgan fingerprint density at radius 2 is 1.81 bits per heavy atom. The third-order valence-electron chi connectivity index (χ3n) is 2.16. The zero-order chi connectivity index (χ0) is 11.7. The van der Waals surface area contributed by atoms with Gasteiger partial charge in [0.1, 0.15) is 5.82 Å². The highest BCUT2D eigenvalue weighted by Gasteiger charge is 2.09. The Bertz CT molecular complexity index is 526. The number of pyridine rings is 1.